The first-order valence-corrected chi connectivity index (χ1v) is 8.34. The molecule has 1 saturated heterocycles. The molecule has 0 saturated carbocycles. The Morgan fingerprint density at radius 3 is 3.00 bits per heavy atom. The van der Waals surface area contributed by atoms with Gasteiger partial charge in [-0.25, -0.2) is 0 Å². The quantitative estimate of drug-likeness (QED) is 0.731. The summed E-state index contributed by atoms with van der Waals surface area (Å²) in [6.07, 6.45) is 0.657. The number of aromatic nitrogens is 1. The average molecular weight is 322 g/mol. The molecule has 2 aliphatic heterocycles. The van der Waals surface area contributed by atoms with Crippen molar-refractivity contribution in [3.63, 3.8) is 0 Å². The van der Waals surface area contributed by atoms with Crippen LogP contribution in [0.15, 0.2) is 23.0 Å². The lowest BCUT2D eigenvalue weighted by Gasteiger charge is -2.43. The van der Waals surface area contributed by atoms with E-state index in [0.717, 1.165) is 31.7 Å². The summed E-state index contributed by atoms with van der Waals surface area (Å²) in [5.74, 6) is 0.876. The van der Waals surface area contributed by atoms with Gasteiger partial charge in [0.15, 0.2) is 0 Å². The van der Waals surface area contributed by atoms with E-state index in [1.165, 1.54) is 0 Å². The van der Waals surface area contributed by atoms with Crippen LogP contribution in [0.25, 0.3) is 0 Å². The number of aliphatic hydroxyl groups is 1. The number of β-amino-alcohol motifs (C(OH)–C–C–N with tert-alkyl or cyclic N) is 1. The number of methoxy groups -OCH3 is 1. The van der Waals surface area contributed by atoms with Gasteiger partial charge in [-0.2, -0.15) is 0 Å². The number of nitrogens with zero attached hydrogens (tertiary/aromatic N) is 2. The predicted octanol–water partition coefficient (Wildman–Crippen LogP) is 0.291. The van der Waals surface area contributed by atoms with Crippen molar-refractivity contribution in [1.82, 2.24) is 9.47 Å². The number of hydrogen-bond donors (Lipinski definition) is 1. The fourth-order valence-electron chi connectivity index (χ4n) is 3.86. The standard InChI is InChI=1S/C17H26N2O4/c1-22-5-6-23-12-15(20)11-18-8-13-7-14(10-18)16-3-2-4-17(21)19(16)9-13/h2-4,13-15,20H,5-12H2,1H3/t13-,14+,15?/m1/s1. The smallest absolute Gasteiger partial charge is 0.250 e. The Labute approximate surface area is 136 Å². The van der Waals surface area contributed by atoms with Crippen LogP contribution in [0.1, 0.15) is 18.0 Å². The van der Waals surface area contributed by atoms with Gasteiger partial charge in [0.05, 0.1) is 25.9 Å². The van der Waals surface area contributed by atoms with Crippen molar-refractivity contribution in [3.8, 4) is 0 Å². The van der Waals surface area contributed by atoms with Crippen molar-refractivity contribution in [2.75, 3.05) is 46.6 Å². The van der Waals surface area contributed by atoms with Crippen LogP contribution in [0, 0.1) is 5.92 Å². The second kappa shape index (κ2) is 7.57. The van der Waals surface area contributed by atoms with E-state index >= 15 is 0 Å². The van der Waals surface area contributed by atoms with Crippen molar-refractivity contribution < 1.29 is 14.6 Å². The zero-order valence-electron chi connectivity index (χ0n) is 13.7. The lowest BCUT2D eigenvalue weighted by atomic mass is 9.83. The number of ether oxygens (including phenoxy) is 2. The fourth-order valence-corrected chi connectivity index (χ4v) is 3.86. The van der Waals surface area contributed by atoms with E-state index in [-0.39, 0.29) is 5.56 Å². The van der Waals surface area contributed by atoms with E-state index < -0.39 is 6.10 Å². The summed E-state index contributed by atoms with van der Waals surface area (Å²) in [4.78, 5) is 14.3. The minimum atomic E-state index is -0.483. The minimum absolute atomic E-state index is 0.109. The third-order valence-electron chi connectivity index (χ3n) is 4.77. The van der Waals surface area contributed by atoms with E-state index in [4.69, 9.17) is 9.47 Å². The molecular weight excluding hydrogens is 296 g/mol. The normalized spacial score (nSPS) is 25.1. The van der Waals surface area contributed by atoms with Crippen LogP contribution >= 0.6 is 0 Å². The topological polar surface area (TPSA) is 63.9 Å². The molecule has 0 radical (unpaired) electrons. The maximum atomic E-state index is 12.0. The van der Waals surface area contributed by atoms with Crippen molar-refractivity contribution in [2.45, 2.75) is 25.0 Å². The van der Waals surface area contributed by atoms with E-state index in [1.807, 2.05) is 10.6 Å². The van der Waals surface area contributed by atoms with Crippen LogP contribution in [0.3, 0.4) is 0 Å². The summed E-state index contributed by atoms with van der Waals surface area (Å²) in [7, 11) is 1.63. The zero-order chi connectivity index (χ0) is 16.2. The molecule has 0 aliphatic carbocycles. The zero-order valence-corrected chi connectivity index (χ0v) is 13.7. The Bertz CT molecular complexity index is 574. The number of aliphatic hydroxyl groups excluding tert-OH is 1. The lowest BCUT2D eigenvalue weighted by molar-refractivity contribution is -0.00995. The predicted molar refractivity (Wildman–Crippen MR) is 86.7 cm³/mol. The highest BCUT2D eigenvalue weighted by atomic mass is 16.5. The first kappa shape index (κ1) is 16.6. The molecule has 1 N–H and O–H groups in total. The van der Waals surface area contributed by atoms with E-state index in [0.29, 0.717) is 38.2 Å². The Kier molecular flexibility index (Phi) is 5.48. The molecule has 3 heterocycles. The minimum Gasteiger partial charge on any atom is -0.389 e. The molecule has 6 nitrogen and oxygen atoms in total. The molecule has 1 aromatic heterocycles. The largest absolute Gasteiger partial charge is 0.389 e. The molecule has 3 rings (SSSR count). The van der Waals surface area contributed by atoms with Crippen molar-refractivity contribution in [2.24, 2.45) is 5.92 Å². The fraction of sp³-hybridized carbons (Fsp3) is 0.706. The van der Waals surface area contributed by atoms with E-state index in [1.54, 1.807) is 13.2 Å². The molecule has 6 heteroatoms. The third-order valence-corrected chi connectivity index (χ3v) is 4.77. The molecule has 0 amide bonds. The van der Waals surface area contributed by atoms with Crippen LogP contribution < -0.4 is 5.56 Å². The van der Waals surface area contributed by atoms with Crippen LogP contribution in [0.4, 0.5) is 0 Å². The number of piperidine rings is 1. The van der Waals surface area contributed by atoms with Gasteiger partial charge in [0.1, 0.15) is 0 Å². The van der Waals surface area contributed by atoms with Crippen LogP contribution in [0.2, 0.25) is 0 Å². The second-order valence-corrected chi connectivity index (χ2v) is 6.64. The molecule has 23 heavy (non-hydrogen) atoms. The lowest BCUT2D eigenvalue weighted by Crippen LogP contribution is -2.49. The van der Waals surface area contributed by atoms with Crippen LogP contribution in [-0.4, -0.2) is 67.2 Å². The molecule has 1 unspecified atom stereocenters. The number of rotatable bonds is 7. The van der Waals surface area contributed by atoms with Gasteiger partial charge in [0, 0.05) is 51.0 Å². The van der Waals surface area contributed by atoms with Gasteiger partial charge < -0.3 is 19.1 Å². The van der Waals surface area contributed by atoms with Crippen molar-refractivity contribution in [1.29, 1.82) is 0 Å². The Balaban J connectivity index is 1.56. The highest BCUT2D eigenvalue weighted by Crippen LogP contribution is 2.34. The van der Waals surface area contributed by atoms with Crippen molar-refractivity contribution >= 4 is 0 Å². The highest BCUT2D eigenvalue weighted by molar-refractivity contribution is 5.16. The number of fused-ring (bicyclic) bond motifs is 4. The SMILES string of the molecule is COCCOCC(O)CN1C[C@H]2C[C@@H](C1)c1cccc(=O)n1C2. The first-order chi connectivity index (χ1) is 11.2. The van der Waals surface area contributed by atoms with Gasteiger partial charge in [-0.05, 0) is 18.4 Å². The number of likely N-dealkylation sites (tertiary alicyclic amines) is 1. The van der Waals surface area contributed by atoms with E-state index in [2.05, 4.69) is 11.0 Å². The monoisotopic (exact) mass is 322 g/mol. The second-order valence-electron chi connectivity index (χ2n) is 6.64. The molecule has 1 aromatic rings. The number of hydrogen-bond acceptors (Lipinski definition) is 5. The molecule has 3 atom stereocenters. The van der Waals surface area contributed by atoms with Gasteiger partial charge in [-0.1, -0.05) is 6.07 Å². The molecule has 1 fully saturated rings. The van der Waals surface area contributed by atoms with Gasteiger partial charge >= 0.3 is 0 Å². The Morgan fingerprint density at radius 1 is 1.30 bits per heavy atom. The van der Waals surface area contributed by atoms with Crippen molar-refractivity contribution in [3.05, 3.63) is 34.2 Å². The van der Waals surface area contributed by atoms with Gasteiger partial charge in [0.25, 0.3) is 5.56 Å². The summed E-state index contributed by atoms with van der Waals surface area (Å²) in [6, 6.07) is 5.56. The summed E-state index contributed by atoms with van der Waals surface area (Å²) < 4.78 is 12.2. The maximum Gasteiger partial charge on any atom is 0.250 e. The molecule has 128 valence electrons. The highest BCUT2D eigenvalue weighted by Gasteiger charge is 2.34. The van der Waals surface area contributed by atoms with Crippen LogP contribution in [-0.2, 0) is 16.0 Å². The van der Waals surface area contributed by atoms with Gasteiger partial charge in [-0.3, -0.25) is 9.69 Å². The average Bonchev–Trinajstić information content (AvgIpc) is 2.53. The number of pyridine rings is 1. The molecule has 2 bridgehead atoms. The van der Waals surface area contributed by atoms with Crippen LogP contribution in [0.5, 0.6) is 0 Å². The van der Waals surface area contributed by atoms with Gasteiger partial charge in [-0.15, -0.1) is 0 Å². The third kappa shape index (κ3) is 4.01. The van der Waals surface area contributed by atoms with E-state index in [9.17, 15) is 9.90 Å². The van der Waals surface area contributed by atoms with Gasteiger partial charge in [0.2, 0.25) is 0 Å². The Morgan fingerprint density at radius 2 is 2.17 bits per heavy atom. The summed E-state index contributed by atoms with van der Waals surface area (Å²) in [5, 5.41) is 10.1. The molecule has 0 spiro atoms. The summed E-state index contributed by atoms with van der Waals surface area (Å²) in [6.45, 7) is 4.65. The maximum absolute atomic E-state index is 12.0. The first-order valence-electron chi connectivity index (χ1n) is 8.34. The molecule has 0 aromatic carbocycles. The summed E-state index contributed by atoms with van der Waals surface area (Å²) in [5.41, 5.74) is 1.25. The Hall–Kier alpha value is -1.21. The molecule has 2 aliphatic rings. The molecular formula is C17H26N2O4. The summed E-state index contributed by atoms with van der Waals surface area (Å²) >= 11 is 0.